The van der Waals surface area contributed by atoms with E-state index < -0.39 is 0 Å². The maximum atomic E-state index is 12.1. The average Bonchev–Trinajstić information content (AvgIpc) is 2.40. The van der Waals surface area contributed by atoms with Gasteiger partial charge in [-0.1, -0.05) is 0 Å². The van der Waals surface area contributed by atoms with Crippen LogP contribution in [0.1, 0.15) is 35.3 Å². The fourth-order valence-electron chi connectivity index (χ4n) is 2.09. The summed E-state index contributed by atoms with van der Waals surface area (Å²) in [6.45, 7) is 1.93. The number of pyridine rings is 1. The normalized spacial score (nSPS) is 17.0. The Morgan fingerprint density at radius 2 is 2.24 bits per heavy atom. The zero-order valence-corrected chi connectivity index (χ0v) is 9.89. The molecular formula is C13H18N2O2. The van der Waals surface area contributed by atoms with Gasteiger partial charge >= 0.3 is 0 Å². The third-order valence-electron chi connectivity index (χ3n) is 3.16. The van der Waals surface area contributed by atoms with Crippen LogP contribution in [0.25, 0.3) is 0 Å². The third-order valence-corrected chi connectivity index (χ3v) is 3.16. The van der Waals surface area contributed by atoms with Crippen LogP contribution in [0, 0.1) is 5.92 Å². The van der Waals surface area contributed by atoms with E-state index in [9.17, 15) is 4.79 Å². The molecule has 0 spiro atoms. The number of hydrogen-bond donors (Lipinski definition) is 1. The van der Waals surface area contributed by atoms with Crippen molar-refractivity contribution in [1.29, 1.82) is 0 Å². The molecule has 1 aromatic heterocycles. The van der Waals surface area contributed by atoms with Gasteiger partial charge in [0.1, 0.15) is 0 Å². The molecule has 1 saturated heterocycles. The number of carbonyl (C=O) groups excluding carboxylic acids is 1. The maximum absolute atomic E-state index is 12.1. The Morgan fingerprint density at radius 3 is 2.94 bits per heavy atom. The smallest absolute Gasteiger partial charge is 0.163 e. The molecule has 2 rings (SSSR count). The SMILES string of the molecule is NCc1cc(C(=O)CC2CCOCC2)ccn1. The Labute approximate surface area is 101 Å². The Kier molecular flexibility index (Phi) is 4.23. The lowest BCUT2D eigenvalue weighted by molar-refractivity contribution is 0.0601. The highest BCUT2D eigenvalue weighted by Gasteiger charge is 2.18. The minimum Gasteiger partial charge on any atom is -0.381 e. The summed E-state index contributed by atoms with van der Waals surface area (Å²) in [7, 11) is 0. The molecule has 0 saturated carbocycles. The van der Waals surface area contributed by atoms with Crippen molar-refractivity contribution in [2.24, 2.45) is 11.7 Å². The molecule has 1 aliphatic rings. The van der Waals surface area contributed by atoms with Crippen molar-refractivity contribution in [1.82, 2.24) is 4.98 Å². The Hall–Kier alpha value is -1.26. The molecule has 92 valence electrons. The molecule has 0 radical (unpaired) electrons. The van der Waals surface area contributed by atoms with E-state index in [-0.39, 0.29) is 5.78 Å². The predicted molar refractivity (Wildman–Crippen MR) is 64.6 cm³/mol. The third kappa shape index (κ3) is 3.35. The predicted octanol–water partition coefficient (Wildman–Crippen LogP) is 1.54. The molecule has 1 aromatic rings. The fraction of sp³-hybridized carbons (Fsp3) is 0.538. The van der Waals surface area contributed by atoms with E-state index in [1.807, 2.05) is 0 Å². The van der Waals surface area contributed by atoms with Crippen LogP contribution >= 0.6 is 0 Å². The van der Waals surface area contributed by atoms with Crippen LogP contribution in [0.4, 0.5) is 0 Å². The number of nitrogens with two attached hydrogens (primary N) is 1. The monoisotopic (exact) mass is 234 g/mol. The first-order chi connectivity index (χ1) is 8.29. The van der Waals surface area contributed by atoms with Gasteiger partial charge in [0.25, 0.3) is 0 Å². The minimum absolute atomic E-state index is 0.189. The first-order valence-corrected chi connectivity index (χ1v) is 6.05. The molecule has 0 unspecified atom stereocenters. The summed E-state index contributed by atoms with van der Waals surface area (Å²) >= 11 is 0. The van der Waals surface area contributed by atoms with Crippen LogP contribution < -0.4 is 5.73 Å². The number of hydrogen-bond acceptors (Lipinski definition) is 4. The minimum atomic E-state index is 0.189. The van der Waals surface area contributed by atoms with Crippen molar-refractivity contribution in [2.75, 3.05) is 13.2 Å². The number of nitrogens with zero attached hydrogens (tertiary/aromatic N) is 1. The molecule has 0 atom stereocenters. The second kappa shape index (κ2) is 5.89. The average molecular weight is 234 g/mol. The second-order valence-electron chi connectivity index (χ2n) is 4.42. The molecule has 0 bridgehead atoms. The van der Waals surface area contributed by atoms with Crippen molar-refractivity contribution in [3.05, 3.63) is 29.6 Å². The van der Waals surface area contributed by atoms with Gasteiger partial charge in [0.2, 0.25) is 0 Å². The van der Waals surface area contributed by atoms with Gasteiger partial charge in [0.05, 0.1) is 5.69 Å². The van der Waals surface area contributed by atoms with Crippen LogP contribution in [0.5, 0.6) is 0 Å². The summed E-state index contributed by atoms with van der Waals surface area (Å²) in [5.74, 6) is 0.653. The van der Waals surface area contributed by atoms with Crippen molar-refractivity contribution in [2.45, 2.75) is 25.8 Å². The van der Waals surface area contributed by atoms with Crippen molar-refractivity contribution in [3.63, 3.8) is 0 Å². The highest BCUT2D eigenvalue weighted by molar-refractivity contribution is 5.96. The number of ether oxygens (including phenoxy) is 1. The number of rotatable bonds is 4. The summed E-state index contributed by atoms with van der Waals surface area (Å²) < 4.78 is 5.29. The van der Waals surface area contributed by atoms with Gasteiger partial charge in [0.15, 0.2) is 5.78 Å². The molecule has 0 aliphatic carbocycles. The van der Waals surface area contributed by atoms with Crippen LogP contribution in [-0.4, -0.2) is 24.0 Å². The summed E-state index contributed by atoms with van der Waals surface area (Å²) in [5, 5.41) is 0. The molecule has 4 nitrogen and oxygen atoms in total. The molecule has 17 heavy (non-hydrogen) atoms. The quantitative estimate of drug-likeness (QED) is 0.802. The first kappa shape index (κ1) is 12.2. The van der Waals surface area contributed by atoms with E-state index in [1.165, 1.54) is 0 Å². The Morgan fingerprint density at radius 1 is 1.47 bits per heavy atom. The zero-order valence-electron chi connectivity index (χ0n) is 9.89. The van der Waals surface area contributed by atoms with Crippen LogP contribution in [0.2, 0.25) is 0 Å². The second-order valence-corrected chi connectivity index (χ2v) is 4.42. The molecule has 1 fully saturated rings. The van der Waals surface area contributed by atoms with E-state index in [1.54, 1.807) is 18.3 Å². The van der Waals surface area contributed by atoms with Gasteiger partial charge in [-0.05, 0) is 30.9 Å². The lowest BCUT2D eigenvalue weighted by atomic mass is 9.92. The molecule has 2 N–H and O–H groups in total. The van der Waals surface area contributed by atoms with Gasteiger partial charge in [0, 0.05) is 37.9 Å². The van der Waals surface area contributed by atoms with Crippen molar-refractivity contribution in [3.8, 4) is 0 Å². The van der Waals surface area contributed by atoms with Crippen LogP contribution in [0.3, 0.4) is 0 Å². The van der Waals surface area contributed by atoms with E-state index in [0.717, 1.165) is 37.3 Å². The van der Waals surface area contributed by atoms with Gasteiger partial charge in [-0.3, -0.25) is 9.78 Å². The highest BCUT2D eigenvalue weighted by atomic mass is 16.5. The number of ketones is 1. The van der Waals surface area contributed by atoms with Gasteiger partial charge in [-0.2, -0.15) is 0 Å². The van der Waals surface area contributed by atoms with E-state index in [4.69, 9.17) is 10.5 Å². The number of Topliss-reactive ketones (excluding diaryl/α,β-unsaturated/α-hetero) is 1. The summed E-state index contributed by atoms with van der Waals surface area (Å²) in [4.78, 5) is 16.2. The molecule has 0 amide bonds. The number of aromatic nitrogens is 1. The van der Waals surface area contributed by atoms with E-state index >= 15 is 0 Å². The van der Waals surface area contributed by atoms with E-state index in [2.05, 4.69) is 4.98 Å². The van der Waals surface area contributed by atoms with E-state index in [0.29, 0.717) is 18.9 Å². The number of carbonyl (C=O) groups is 1. The Balaban J connectivity index is 1.98. The molecular weight excluding hydrogens is 216 g/mol. The standard InChI is InChI=1S/C13H18N2O2/c14-9-12-8-11(1-4-15-12)13(16)7-10-2-5-17-6-3-10/h1,4,8,10H,2-3,5-7,9,14H2. The van der Waals surface area contributed by atoms with Gasteiger partial charge < -0.3 is 10.5 Å². The molecule has 0 aromatic carbocycles. The molecule has 1 aliphatic heterocycles. The van der Waals surface area contributed by atoms with Crippen LogP contribution in [0.15, 0.2) is 18.3 Å². The summed E-state index contributed by atoms with van der Waals surface area (Å²) in [6.07, 6.45) is 4.23. The largest absolute Gasteiger partial charge is 0.381 e. The van der Waals surface area contributed by atoms with Gasteiger partial charge in [-0.15, -0.1) is 0 Å². The molecule has 4 heteroatoms. The summed E-state index contributed by atoms with van der Waals surface area (Å²) in [5.41, 5.74) is 7.01. The topological polar surface area (TPSA) is 65.2 Å². The first-order valence-electron chi connectivity index (χ1n) is 6.05. The summed E-state index contributed by atoms with van der Waals surface area (Å²) in [6, 6.07) is 3.56. The van der Waals surface area contributed by atoms with Crippen LogP contribution in [-0.2, 0) is 11.3 Å². The van der Waals surface area contributed by atoms with Crippen molar-refractivity contribution < 1.29 is 9.53 Å². The lowest BCUT2D eigenvalue weighted by Gasteiger charge is -2.21. The lowest BCUT2D eigenvalue weighted by Crippen LogP contribution is -2.19. The van der Waals surface area contributed by atoms with Gasteiger partial charge in [-0.25, -0.2) is 0 Å². The highest BCUT2D eigenvalue weighted by Crippen LogP contribution is 2.20. The fourth-order valence-corrected chi connectivity index (χ4v) is 2.09. The zero-order chi connectivity index (χ0) is 12.1. The molecule has 2 heterocycles. The van der Waals surface area contributed by atoms with Crippen molar-refractivity contribution >= 4 is 5.78 Å². The maximum Gasteiger partial charge on any atom is 0.163 e. The Bertz CT molecular complexity index is 387.